The minimum Gasteiger partial charge on any atom is -0.490 e. The van der Waals surface area contributed by atoms with Crippen molar-refractivity contribution >= 4 is 0 Å². The molecule has 0 aliphatic carbocycles. The lowest BCUT2D eigenvalue weighted by Crippen LogP contribution is -2.10. The van der Waals surface area contributed by atoms with E-state index in [4.69, 9.17) is 10.00 Å². The average molecular weight is 217 g/mol. The van der Waals surface area contributed by atoms with Crippen LogP contribution in [0.1, 0.15) is 44.2 Å². The topological polar surface area (TPSA) is 33.0 Å². The molecule has 0 bridgehead atoms. The molecular formula is C14H19NO. The first-order valence-electron chi connectivity index (χ1n) is 5.68. The number of rotatable bonds is 4. The molecule has 0 heterocycles. The minimum absolute atomic E-state index is 0.0469. The Kier molecular flexibility index (Phi) is 4.37. The summed E-state index contributed by atoms with van der Waals surface area (Å²) >= 11 is 0. The number of benzene rings is 1. The van der Waals surface area contributed by atoms with Crippen LogP contribution in [-0.2, 0) is 0 Å². The van der Waals surface area contributed by atoms with Crippen molar-refractivity contribution in [3.8, 4) is 11.8 Å². The van der Waals surface area contributed by atoms with Gasteiger partial charge < -0.3 is 4.74 Å². The highest BCUT2D eigenvalue weighted by molar-refractivity contribution is 5.36. The lowest BCUT2D eigenvalue weighted by molar-refractivity contribution is 0.227. The molecule has 2 heteroatoms. The van der Waals surface area contributed by atoms with Gasteiger partial charge in [0.2, 0.25) is 0 Å². The Bertz CT molecular complexity index is 390. The van der Waals surface area contributed by atoms with E-state index in [0.717, 1.165) is 5.75 Å². The highest BCUT2D eigenvalue weighted by Gasteiger charge is 2.07. The molecule has 0 radical (unpaired) electrons. The predicted molar refractivity (Wildman–Crippen MR) is 65.6 cm³/mol. The third kappa shape index (κ3) is 3.27. The number of aryl methyl sites for hydroxylation is 1. The van der Waals surface area contributed by atoms with Gasteiger partial charge in [0.05, 0.1) is 12.5 Å². The van der Waals surface area contributed by atoms with Gasteiger partial charge in [-0.3, -0.25) is 0 Å². The van der Waals surface area contributed by atoms with Crippen LogP contribution < -0.4 is 4.74 Å². The molecule has 2 nitrogen and oxygen atoms in total. The first-order valence-corrected chi connectivity index (χ1v) is 5.68. The minimum atomic E-state index is -0.0469. The van der Waals surface area contributed by atoms with E-state index in [1.165, 1.54) is 11.1 Å². The molecule has 0 aliphatic rings. The second kappa shape index (κ2) is 5.55. The van der Waals surface area contributed by atoms with E-state index in [1.54, 1.807) is 0 Å². The Morgan fingerprint density at radius 2 is 2.00 bits per heavy atom. The molecule has 0 fully saturated rings. The van der Waals surface area contributed by atoms with Crippen LogP contribution in [0.15, 0.2) is 18.2 Å². The molecule has 16 heavy (non-hydrogen) atoms. The Morgan fingerprint density at radius 1 is 1.31 bits per heavy atom. The van der Waals surface area contributed by atoms with Crippen LogP contribution in [0.5, 0.6) is 5.75 Å². The van der Waals surface area contributed by atoms with Crippen molar-refractivity contribution < 1.29 is 4.74 Å². The molecule has 1 rings (SSSR count). The molecule has 0 N–H and O–H groups in total. The summed E-state index contributed by atoms with van der Waals surface area (Å²) in [4.78, 5) is 0. The van der Waals surface area contributed by atoms with Gasteiger partial charge in [0.15, 0.2) is 0 Å². The number of hydrogen-bond acceptors (Lipinski definition) is 2. The van der Waals surface area contributed by atoms with Crippen molar-refractivity contribution in [1.82, 2.24) is 0 Å². The molecule has 0 amide bonds. The maximum Gasteiger partial charge on any atom is 0.120 e. The van der Waals surface area contributed by atoms with Gasteiger partial charge in [-0.25, -0.2) is 0 Å². The fourth-order valence-electron chi connectivity index (χ4n) is 1.77. The van der Waals surface area contributed by atoms with E-state index in [1.807, 2.05) is 19.1 Å². The standard InChI is InChI=1S/C14H19NO/c1-10(2)14-6-5-13(9-11(14)3)16-12(4)7-8-15/h5-6,9-10,12H,7H2,1-4H3. The molecule has 0 aliphatic heterocycles. The monoisotopic (exact) mass is 217 g/mol. The summed E-state index contributed by atoms with van der Waals surface area (Å²) in [5.41, 5.74) is 2.59. The molecule has 1 aromatic rings. The van der Waals surface area contributed by atoms with Crippen molar-refractivity contribution in [3.63, 3.8) is 0 Å². The van der Waals surface area contributed by atoms with E-state index < -0.39 is 0 Å². The second-order valence-electron chi connectivity index (χ2n) is 4.46. The summed E-state index contributed by atoms with van der Waals surface area (Å²) < 4.78 is 5.65. The van der Waals surface area contributed by atoms with Gasteiger partial charge in [-0.2, -0.15) is 5.26 Å². The summed E-state index contributed by atoms with van der Waals surface area (Å²) in [7, 11) is 0. The summed E-state index contributed by atoms with van der Waals surface area (Å²) in [6.45, 7) is 8.37. The van der Waals surface area contributed by atoms with E-state index in [0.29, 0.717) is 12.3 Å². The Labute approximate surface area is 97.9 Å². The fraction of sp³-hybridized carbons (Fsp3) is 0.500. The fourth-order valence-corrected chi connectivity index (χ4v) is 1.77. The van der Waals surface area contributed by atoms with Crippen LogP contribution in [0, 0.1) is 18.3 Å². The number of hydrogen-bond donors (Lipinski definition) is 0. The van der Waals surface area contributed by atoms with Crippen molar-refractivity contribution in [2.75, 3.05) is 0 Å². The Balaban J connectivity index is 2.78. The number of nitrogens with zero attached hydrogens (tertiary/aromatic N) is 1. The van der Waals surface area contributed by atoms with Crippen LogP contribution >= 0.6 is 0 Å². The SMILES string of the molecule is Cc1cc(OC(C)CC#N)ccc1C(C)C. The molecule has 1 aromatic carbocycles. The van der Waals surface area contributed by atoms with Crippen LogP contribution in [0.4, 0.5) is 0 Å². The first-order chi connectivity index (χ1) is 7.54. The smallest absolute Gasteiger partial charge is 0.120 e. The second-order valence-corrected chi connectivity index (χ2v) is 4.46. The van der Waals surface area contributed by atoms with E-state index in [2.05, 4.69) is 32.9 Å². The van der Waals surface area contributed by atoms with Gasteiger partial charge in [0.25, 0.3) is 0 Å². The maximum atomic E-state index is 8.56. The molecule has 0 saturated carbocycles. The molecule has 86 valence electrons. The van der Waals surface area contributed by atoms with Gasteiger partial charge in [-0.15, -0.1) is 0 Å². The molecule has 1 atom stereocenters. The normalized spacial score (nSPS) is 12.2. The van der Waals surface area contributed by atoms with Crippen molar-refractivity contribution in [2.24, 2.45) is 0 Å². The maximum absolute atomic E-state index is 8.56. The number of nitriles is 1. The summed E-state index contributed by atoms with van der Waals surface area (Å²) in [5, 5.41) is 8.56. The van der Waals surface area contributed by atoms with E-state index >= 15 is 0 Å². The average Bonchev–Trinajstić information content (AvgIpc) is 2.17. The van der Waals surface area contributed by atoms with Crippen molar-refractivity contribution in [1.29, 1.82) is 5.26 Å². The highest BCUT2D eigenvalue weighted by atomic mass is 16.5. The van der Waals surface area contributed by atoms with Crippen LogP contribution in [-0.4, -0.2) is 6.10 Å². The van der Waals surface area contributed by atoms with E-state index in [-0.39, 0.29) is 6.10 Å². The number of ether oxygens (including phenoxy) is 1. The zero-order valence-corrected chi connectivity index (χ0v) is 10.4. The third-order valence-electron chi connectivity index (χ3n) is 2.58. The molecular weight excluding hydrogens is 198 g/mol. The van der Waals surface area contributed by atoms with Gasteiger partial charge >= 0.3 is 0 Å². The summed E-state index contributed by atoms with van der Waals surface area (Å²) in [5.74, 6) is 1.38. The van der Waals surface area contributed by atoms with Crippen molar-refractivity contribution in [2.45, 2.75) is 46.1 Å². The first kappa shape index (κ1) is 12.6. The Hall–Kier alpha value is -1.49. The lowest BCUT2D eigenvalue weighted by Gasteiger charge is -2.15. The van der Waals surface area contributed by atoms with Gasteiger partial charge in [0, 0.05) is 0 Å². The highest BCUT2D eigenvalue weighted by Crippen LogP contribution is 2.24. The third-order valence-corrected chi connectivity index (χ3v) is 2.58. The zero-order valence-electron chi connectivity index (χ0n) is 10.4. The van der Waals surface area contributed by atoms with Crippen LogP contribution in [0.25, 0.3) is 0 Å². The lowest BCUT2D eigenvalue weighted by atomic mass is 9.98. The summed E-state index contributed by atoms with van der Waals surface area (Å²) in [6, 6.07) is 8.24. The van der Waals surface area contributed by atoms with Gasteiger partial charge in [-0.1, -0.05) is 19.9 Å². The van der Waals surface area contributed by atoms with Gasteiger partial charge in [-0.05, 0) is 43.0 Å². The van der Waals surface area contributed by atoms with Crippen molar-refractivity contribution in [3.05, 3.63) is 29.3 Å². The van der Waals surface area contributed by atoms with Crippen LogP contribution in [0.3, 0.4) is 0 Å². The molecule has 1 unspecified atom stereocenters. The predicted octanol–water partition coefficient (Wildman–Crippen LogP) is 3.80. The summed E-state index contributed by atoms with van der Waals surface area (Å²) in [6.07, 6.45) is 0.375. The quantitative estimate of drug-likeness (QED) is 0.768. The van der Waals surface area contributed by atoms with Gasteiger partial charge in [0.1, 0.15) is 11.9 Å². The Morgan fingerprint density at radius 3 is 2.50 bits per heavy atom. The van der Waals surface area contributed by atoms with Crippen LogP contribution in [0.2, 0.25) is 0 Å². The molecule has 0 aromatic heterocycles. The zero-order chi connectivity index (χ0) is 12.1. The largest absolute Gasteiger partial charge is 0.490 e. The molecule has 0 spiro atoms. The molecule has 0 saturated heterocycles. The van der Waals surface area contributed by atoms with E-state index in [9.17, 15) is 0 Å².